The Balaban J connectivity index is 1.52. The second-order valence-electron chi connectivity index (χ2n) is 12.6. The van der Waals surface area contributed by atoms with Gasteiger partial charge in [0.1, 0.15) is 5.69 Å². The smallest absolute Gasteiger partial charge is 0.289 e. The Kier molecular flexibility index (Phi) is 8.69. The summed E-state index contributed by atoms with van der Waals surface area (Å²) < 4.78 is 29.5. The van der Waals surface area contributed by atoms with Gasteiger partial charge in [0.05, 0.1) is 12.2 Å². The van der Waals surface area contributed by atoms with Gasteiger partial charge in [-0.25, -0.2) is 0 Å². The molecule has 218 valence electrons. The molecule has 0 radical (unpaired) electrons. The van der Waals surface area contributed by atoms with Crippen LogP contribution in [-0.4, -0.2) is 101 Å². The molecular weight excluding hydrogens is 502 g/mol. The minimum Gasteiger partial charge on any atom is -0.340 e. The van der Waals surface area contributed by atoms with Gasteiger partial charge in [-0.3, -0.25) is 24.4 Å². The van der Waals surface area contributed by atoms with Crippen LogP contribution in [0.2, 0.25) is 0 Å². The number of aromatic nitrogens is 1. The molecule has 2 saturated heterocycles. The number of piperazine rings is 2. The number of hydrogen-bond donors (Lipinski definition) is 1. The van der Waals surface area contributed by atoms with Crippen LogP contribution in [-0.2, 0) is 20.9 Å². The summed E-state index contributed by atoms with van der Waals surface area (Å²) in [5.74, 6) is -2.99. The molecule has 3 aliphatic rings. The highest BCUT2D eigenvalue weighted by Gasteiger charge is 2.42. The Morgan fingerprint density at radius 1 is 1.15 bits per heavy atom. The van der Waals surface area contributed by atoms with E-state index in [2.05, 4.69) is 40.9 Å². The number of fused-ring (bicyclic) bond motifs is 1. The van der Waals surface area contributed by atoms with Gasteiger partial charge in [0.25, 0.3) is 5.92 Å². The molecule has 2 fully saturated rings. The molecule has 10 heteroatoms. The van der Waals surface area contributed by atoms with E-state index in [1.165, 1.54) is 6.07 Å². The highest BCUT2D eigenvalue weighted by Crippen LogP contribution is 2.43. The average Bonchev–Trinajstić information content (AvgIpc) is 3.12. The molecule has 1 aromatic rings. The number of anilines is 1. The normalized spacial score (nSPS) is 28.0. The van der Waals surface area contributed by atoms with Crippen LogP contribution in [0.4, 0.5) is 14.5 Å². The molecule has 0 unspecified atom stereocenters. The Morgan fingerprint density at radius 2 is 1.82 bits per heavy atom. The first-order valence-electron chi connectivity index (χ1n) is 14.4. The molecule has 3 aliphatic heterocycles. The fraction of sp³-hybridized carbons (Fsp3) is 0.759. The molecule has 39 heavy (non-hydrogen) atoms. The lowest BCUT2D eigenvalue weighted by molar-refractivity contribution is -0.133. The van der Waals surface area contributed by atoms with E-state index in [0.29, 0.717) is 31.7 Å². The van der Waals surface area contributed by atoms with Crippen LogP contribution >= 0.6 is 0 Å². The lowest BCUT2D eigenvalue weighted by Gasteiger charge is -2.48. The number of alkyl halides is 2. The summed E-state index contributed by atoms with van der Waals surface area (Å²) in [6.07, 6.45) is 1.62. The van der Waals surface area contributed by atoms with Crippen molar-refractivity contribution in [2.24, 2.45) is 0 Å². The van der Waals surface area contributed by atoms with Crippen LogP contribution in [0.25, 0.3) is 0 Å². The maximum atomic E-state index is 14.8. The Bertz CT molecular complexity index is 1050. The number of carbonyl (C=O) groups excluding carboxylic acids is 2. The molecule has 1 N–H and O–H groups in total. The number of nitrogens with zero attached hydrogens (tertiary/aromatic N) is 5. The van der Waals surface area contributed by atoms with Gasteiger partial charge < -0.3 is 15.1 Å². The molecule has 0 aliphatic carbocycles. The third kappa shape index (κ3) is 6.28. The van der Waals surface area contributed by atoms with Crippen molar-refractivity contribution in [3.63, 3.8) is 0 Å². The zero-order valence-electron chi connectivity index (χ0n) is 24.6. The summed E-state index contributed by atoms with van der Waals surface area (Å²) in [5.41, 5.74) is 0.768. The van der Waals surface area contributed by atoms with Crippen molar-refractivity contribution in [2.75, 3.05) is 50.7 Å². The number of pyridine rings is 1. The molecule has 0 aromatic carbocycles. The van der Waals surface area contributed by atoms with Crippen molar-refractivity contribution in [3.05, 3.63) is 23.5 Å². The molecule has 0 bridgehead atoms. The van der Waals surface area contributed by atoms with E-state index in [9.17, 15) is 18.4 Å². The summed E-state index contributed by atoms with van der Waals surface area (Å²) in [6, 6.07) is 2.24. The number of amides is 2. The quantitative estimate of drug-likeness (QED) is 0.565. The van der Waals surface area contributed by atoms with E-state index in [-0.39, 0.29) is 60.1 Å². The summed E-state index contributed by atoms with van der Waals surface area (Å²) in [6.45, 7) is 18.2. The molecule has 4 heterocycles. The molecule has 8 nitrogen and oxygen atoms in total. The van der Waals surface area contributed by atoms with Gasteiger partial charge in [0.2, 0.25) is 11.8 Å². The van der Waals surface area contributed by atoms with Gasteiger partial charge in [-0.05, 0) is 26.8 Å². The molecular formula is C29H46F2N6O2. The lowest BCUT2D eigenvalue weighted by Crippen LogP contribution is -2.65. The fourth-order valence-corrected chi connectivity index (χ4v) is 6.50. The highest BCUT2D eigenvalue weighted by atomic mass is 19.3. The highest BCUT2D eigenvalue weighted by molar-refractivity contribution is 5.97. The maximum Gasteiger partial charge on any atom is 0.289 e. The van der Waals surface area contributed by atoms with Gasteiger partial charge in [-0.1, -0.05) is 27.2 Å². The topological polar surface area (TPSA) is 72.0 Å². The van der Waals surface area contributed by atoms with E-state index in [0.717, 1.165) is 25.2 Å². The van der Waals surface area contributed by atoms with Crippen LogP contribution < -0.4 is 10.2 Å². The molecule has 0 spiro atoms. The van der Waals surface area contributed by atoms with Crippen LogP contribution in [0.1, 0.15) is 72.6 Å². The fourth-order valence-electron chi connectivity index (χ4n) is 6.50. The summed E-state index contributed by atoms with van der Waals surface area (Å²) in [4.78, 5) is 38.2. The predicted molar refractivity (Wildman–Crippen MR) is 149 cm³/mol. The number of halogens is 2. The zero-order valence-corrected chi connectivity index (χ0v) is 24.6. The van der Waals surface area contributed by atoms with E-state index in [1.807, 2.05) is 18.7 Å². The van der Waals surface area contributed by atoms with E-state index >= 15 is 0 Å². The number of carbonyl (C=O) groups is 2. The zero-order chi connectivity index (χ0) is 28.7. The second kappa shape index (κ2) is 11.4. The van der Waals surface area contributed by atoms with Crippen molar-refractivity contribution in [1.29, 1.82) is 0 Å². The first-order chi connectivity index (χ1) is 18.2. The minimum absolute atomic E-state index is 0.0700. The molecule has 0 saturated carbocycles. The Morgan fingerprint density at radius 3 is 2.44 bits per heavy atom. The van der Waals surface area contributed by atoms with Crippen molar-refractivity contribution < 1.29 is 18.4 Å². The van der Waals surface area contributed by atoms with Crippen molar-refractivity contribution in [2.45, 2.75) is 96.8 Å². The molecule has 1 aromatic heterocycles. The van der Waals surface area contributed by atoms with E-state index in [1.54, 1.807) is 24.9 Å². The molecule has 4 atom stereocenters. The number of rotatable bonds is 7. The van der Waals surface area contributed by atoms with Crippen molar-refractivity contribution in [1.82, 2.24) is 25.0 Å². The Hall–Kier alpha value is -2.17. The number of hydrogen-bond acceptors (Lipinski definition) is 6. The minimum atomic E-state index is -3.02. The standard InChI is InChI=1S/C29H46F2N6O2/c1-8-9-29(30,31)26-10-25-24(12-33-26)28(6,7)18-37(25)27(39)17-35-13-19(2)32-11-23(35)16-36-20(3)14-34(22(5)38)15-21(36)4/h10,12,19-21,23,32H,8-9,11,13-18H2,1-7H3/t19-,20-,21+,23-/m1/s1. The third-order valence-electron chi connectivity index (χ3n) is 8.73. The van der Waals surface area contributed by atoms with Crippen LogP contribution in [0.5, 0.6) is 0 Å². The predicted octanol–water partition coefficient (Wildman–Crippen LogP) is 3.20. The van der Waals surface area contributed by atoms with Crippen molar-refractivity contribution >= 4 is 17.5 Å². The molecule has 4 rings (SSSR count). The van der Waals surface area contributed by atoms with E-state index in [4.69, 9.17) is 0 Å². The van der Waals surface area contributed by atoms with Gasteiger partial charge in [-0.15, -0.1) is 0 Å². The van der Waals surface area contributed by atoms with Crippen molar-refractivity contribution in [3.8, 4) is 0 Å². The summed E-state index contributed by atoms with van der Waals surface area (Å²) in [5, 5.41) is 3.57. The largest absolute Gasteiger partial charge is 0.340 e. The third-order valence-corrected chi connectivity index (χ3v) is 8.73. The number of nitrogens with one attached hydrogen (secondary N) is 1. The van der Waals surface area contributed by atoms with Crippen LogP contribution in [0.3, 0.4) is 0 Å². The van der Waals surface area contributed by atoms with Gasteiger partial charge in [0.15, 0.2) is 0 Å². The van der Waals surface area contributed by atoms with Crippen LogP contribution in [0, 0.1) is 0 Å². The SMILES string of the molecule is CCCC(F)(F)c1cc2c(cn1)C(C)(C)CN2C(=O)CN1C[C@@H](C)NC[C@@H]1CN1[C@H](C)CN(C(C)=O)C[C@@H]1C. The molecule has 2 amide bonds. The lowest BCUT2D eigenvalue weighted by atomic mass is 9.88. The average molecular weight is 549 g/mol. The maximum absolute atomic E-state index is 14.8. The monoisotopic (exact) mass is 548 g/mol. The van der Waals surface area contributed by atoms with Gasteiger partial charge in [-0.2, -0.15) is 8.78 Å². The van der Waals surface area contributed by atoms with Crippen LogP contribution in [0.15, 0.2) is 12.3 Å². The first-order valence-corrected chi connectivity index (χ1v) is 14.4. The van der Waals surface area contributed by atoms with Gasteiger partial charge >= 0.3 is 0 Å². The van der Waals surface area contributed by atoms with Gasteiger partial charge in [0, 0.05) is 94.0 Å². The summed E-state index contributed by atoms with van der Waals surface area (Å²) in [7, 11) is 0. The first kappa shape index (κ1) is 29.8. The Labute approximate surface area is 232 Å². The second-order valence-corrected chi connectivity index (χ2v) is 12.6. The summed E-state index contributed by atoms with van der Waals surface area (Å²) >= 11 is 0. The van der Waals surface area contributed by atoms with E-state index < -0.39 is 5.92 Å².